The Morgan fingerprint density at radius 3 is 2.67 bits per heavy atom. The fraction of sp³-hybridized carbons (Fsp3) is 0.500. The summed E-state index contributed by atoms with van der Waals surface area (Å²) in [6.07, 6.45) is 0. The van der Waals surface area contributed by atoms with Crippen LogP contribution in [0, 0.1) is 0 Å². The lowest BCUT2D eigenvalue weighted by Crippen LogP contribution is -2.05. The minimum absolute atomic E-state index is 0.00190. The van der Waals surface area contributed by atoms with Gasteiger partial charge in [-0.2, -0.15) is 0 Å². The van der Waals surface area contributed by atoms with Gasteiger partial charge in [0.25, 0.3) is 0 Å². The molecule has 0 aromatic carbocycles. The first-order valence-corrected chi connectivity index (χ1v) is 5.60. The third-order valence-electron chi connectivity index (χ3n) is 1.18. The maximum absolute atomic E-state index is 11.2. The van der Waals surface area contributed by atoms with E-state index in [0.717, 1.165) is 11.3 Å². The van der Waals surface area contributed by atoms with Crippen LogP contribution in [0.5, 0.6) is 0 Å². The van der Waals surface area contributed by atoms with Crippen LogP contribution >= 0.6 is 11.3 Å². The molecular weight excluding hydrogens is 200 g/mol. The SMILES string of the molecule is CCS(=O)(=O)c1nnc(NN)s1. The second kappa shape index (κ2) is 3.33. The normalized spacial score (nSPS) is 11.5. The molecule has 0 fully saturated rings. The van der Waals surface area contributed by atoms with E-state index in [2.05, 4.69) is 15.6 Å². The summed E-state index contributed by atoms with van der Waals surface area (Å²) in [5.41, 5.74) is 2.22. The minimum atomic E-state index is -3.24. The minimum Gasteiger partial charge on any atom is -0.298 e. The Bertz CT molecular complexity index is 357. The van der Waals surface area contributed by atoms with Crippen molar-refractivity contribution in [2.24, 2.45) is 5.84 Å². The summed E-state index contributed by atoms with van der Waals surface area (Å²) in [6, 6.07) is 0. The summed E-state index contributed by atoms with van der Waals surface area (Å²) >= 11 is 0.918. The van der Waals surface area contributed by atoms with Crippen LogP contribution in [-0.2, 0) is 9.84 Å². The summed E-state index contributed by atoms with van der Waals surface area (Å²) < 4.78 is 22.3. The van der Waals surface area contributed by atoms with E-state index in [0.29, 0.717) is 5.13 Å². The number of nitrogens with zero attached hydrogens (tertiary/aromatic N) is 2. The van der Waals surface area contributed by atoms with E-state index in [9.17, 15) is 8.42 Å². The third-order valence-corrected chi connectivity index (χ3v) is 4.21. The molecule has 1 heterocycles. The average Bonchev–Trinajstić information content (AvgIpc) is 2.52. The van der Waals surface area contributed by atoms with E-state index >= 15 is 0 Å². The van der Waals surface area contributed by atoms with Crippen LogP contribution in [0.2, 0.25) is 0 Å². The Balaban J connectivity index is 3.05. The molecule has 12 heavy (non-hydrogen) atoms. The van der Waals surface area contributed by atoms with Crippen LogP contribution < -0.4 is 11.3 Å². The molecule has 0 saturated carbocycles. The lowest BCUT2D eigenvalue weighted by atomic mass is 11.0. The van der Waals surface area contributed by atoms with E-state index in [1.165, 1.54) is 0 Å². The van der Waals surface area contributed by atoms with Crippen molar-refractivity contribution in [3.63, 3.8) is 0 Å². The molecule has 0 radical (unpaired) electrons. The van der Waals surface area contributed by atoms with Crippen molar-refractivity contribution >= 4 is 26.3 Å². The van der Waals surface area contributed by atoms with E-state index in [-0.39, 0.29) is 10.1 Å². The smallest absolute Gasteiger partial charge is 0.234 e. The van der Waals surface area contributed by atoms with Gasteiger partial charge in [-0.1, -0.05) is 18.3 Å². The third kappa shape index (κ3) is 1.71. The number of sulfone groups is 1. The average molecular weight is 208 g/mol. The molecule has 0 aliphatic heterocycles. The predicted molar refractivity (Wildman–Crippen MR) is 45.4 cm³/mol. The molecule has 0 aliphatic carbocycles. The van der Waals surface area contributed by atoms with Gasteiger partial charge in [-0.15, -0.1) is 10.2 Å². The van der Waals surface area contributed by atoms with Crippen LogP contribution in [0.4, 0.5) is 5.13 Å². The van der Waals surface area contributed by atoms with E-state index in [1.54, 1.807) is 6.92 Å². The van der Waals surface area contributed by atoms with Gasteiger partial charge in [-0.05, 0) is 0 Å². The molecule has 0 aliphatic rings. The quantitative estimate of drug-likeness (QED) is 0.519. The van der Waals surface area contributed by atoms with Crippen molar-refractivity contribution in [3.05, 3.63) is 0 Å². The van der Waals surface area contributed by atoms with Gasteiger partial charge in [0.15, 0.2) is 0 Å². The molecule has 6 nitrogen and oxygen atoms in total. The summed E-state index contributed by atoms with van der Waals surface area (Å²) in [4.78, 5) is 0. The molecule has 68 valence electrons. The molecule has 3 N–H and O–H groups in total. The number of hydrogen-bond acceptors (Lipinski definition) is 7. The predicted octanol–water partition coefficient (Wildman–Crippen LogP) is -0.383. The van der Waals surface area contributed by atoms with Gasteiger partial charge in [-0.25, -0.2) is 14.3 Å². The Morgan fingerprint density at radius 2 is 2.25 bits per heavy atom. The fourth-order valence-electron chi connectivity index (χ4n) is 0.517. The van der Waals surface area contributed by atoms with Gasteiger partial charge in [0.2, 0.25) is 19.3 Å². The fourth-order valence-corrected chi connectivity index (χ4v) is 2.42. The molecule has 8 heteroatoms. The van der Waals surface area contributed by atoms with Crippen molar-refractivity contribution in [1.82, 2.24) is 10.2 Å². The Kier molecular flexibility index (Phi) is 2.60. The first-order chi connectivity index (χ1) is 5.60. The van der Waals surface area contributed by atoms with E-state index in [4.69, 9.17) is 5.84 Å². The summed E-state index contributed by atoms with van der Waals surface area (Å²) in [5, 5.41) is 7.26. The molecule has 1 aromatic rings. The number of hydrogen-bond donors (Lipinski definition) is 2. The largest absolute Gasteiger partial charge is 0.298 e. The van der Waals surface area contributed by atoms with Crippen LogP contribution in [-0.4, -0.2) is 24.4 Å². The molecule has 1 aromatic heterocycles. The lowest BCUT2D eigenvalue weighted by molar-refractivity contribution is 0.595. The highest BCUT2D eigenvalue weighted by atomic mass is 32.2. The Hall–Kier alpha value is -0.730. The molecular formula is C4H8N4O2S2. The zero-order chi connectivity index (χ0) is 9.19. The number of nitrogens with two attached hydrogens (primary N) is 1. The van der Waals surface area contributed by atoms with Crippen molar-refractivity contribution < 1.29 is 8.42 Å². The van der Waals surface area contributed by atoms with Gasteiger partial charge in [0.05, 0.1) is 5.75 Å². The van der Waals surface area contributed by atoms with Crippen LogP contribution in [0.1, 0.15) is 6.92 Å². The Labute approximate surface area is 73.7 Å². The molecule has 0 atom stereocenters. The molecule has 0 spiro atoms. The standard InChI is InChI=1S/C4H8N4O2S2/c1-2-12(9,10)4-8-7-3(6-5)11-4/h2,5H2,1H3,(H,6,7). The van der Waals surface area contributed by atoms with Crippen molar-refractivity contribution in [1.29, 1.82) is 0 Å². The first-order valence-electron chi connectivity index (χ1n) is 3.13. The van der Waals surface area contributed by atoms with Crippen LogP contribution in [0.15, 0.2) is 4.34 Å². The zero-order valence-corrected chi connectivity index (χ0v) is 7.94. The number of aromatic nitrogens is 2. The number of hydrazine groups is 1. The maximum atomic E-state index is 11.2. The molecule has 0 amide bonds. The molecule has 0 unspecified atom stereocenters. The first kappa shape index (κ1) is 9.36. The number of anilines is 1. The monoisotopic (exact) mass is 208 g/mol. The lowest BCUT2D eigenvalue weighted by Gasteiger charge is -1.90. The van der Waals surface area contributed by atoms with Gasteiger partial charge in [0, 0.05) is 0 Å². The highest BCUT2D eigenvalue weighted by Gasteiger charge is 2.17. The van der Waals surface area contributed by atoms with E-state index in [1.807, 2.05) is 0 Å². The zero-order valence-electron chi connectivity index (χ0n) is 6.31. The Morgan fingerprint density at radius 1 is 1.58 bits per heavy atom. The summed E-state index contributed by atoms with van der Waals surface area (Å²) in [5.74, 6) is 5.03. The van der Waals surface area contributed by atoms with Crippen LogP contribution in [0.3, 0.4) is 0 Å². The van der Waals surface area contributed by atoms with E-state index < -0.39 is 9.84 Å². The summed E-state index contributed by atoms with van der Waals surface area (Å²) in [6.45, 7) is 1.55. The topological polar surface area (TPSA) is 98.0 Å². The van der Waals surface area contributed by atoms with Gasteiger partial charge in [-0.3, -0.25) is 5.43 Å². The molecule has 1 rings (SSSR count). The molecule has 0 saturated heterocycles. The number of rotatable bonds is 3. The second-order valence-electron chi connectivity index (χ2n) is 1.92. The summed E-state index contributed by atoms with van der Waals surface area (Å²) in [7, 11) is -3.24. The molecule has 0 bridgehead atoms. The van der Waals surface area contributed by atoms with Crippen molar-refractivity contribution in [3.8, 4) is 0 Å². The van der Waals surface area contributed by atoms with Crippen molar-refractivity contribution in [2.45, 2.75) is 11.3 Å². The number of nitrogens with one attached hydrogen (secondary N) is 1. The highest BCUT2D eigenvalue weighted by Crippen LogP contribution is 2.19. The van der Waals surface area contributed by atoms with Gasteiger partial charge >= 0.3 is 0 Å². The maximum Gasteiger partial charge on any atom is 0.234 e. The van der Waals surface area contributed by atoms with Gasteiger partial charge in [0.1, 0.15) is 0 Å². The highest BCUT2D eigenvalue weighted by molar-refractivity contribution is 7.93. The van der Waals surface area contributed by atoms with Crippen molar-refractivity contribution in [2.75, 3.05) is 11.2 Å². The van der Waals surface area contributed by atoms with Crippen LogP contribution in [0.25, 0.3) is 0 Å². The second-order valence-corrected chi connectivity index (χ2v) is 5.35. The van der Waals surface area contributed by atoms with Gasteiger partial charge < -0.3 is 0 Å². The number of nitrogen functional groups attached to an aromatic ring is 1.